The van der Waals surface area contributed by atoms with Gasteiger partial charge in [0.05, 0.1) is 17.9 Å². The largest absolute Gasteiger partial charge is 0.365 e. The monoisotopic (exact) mass is 355 g/mol. The normalized spacial score (nSPS) is 24.6. The molecule has 2 saturated heterocycles. The molecule has 0 radical (unpaired) electrons. The van der Waals surface area contributed by atoms with Crippen LogP contribution < -0.4 is 0 Å². The number of hydrogen-bond donors (Lipinski definition) is 0. The summed E-state index contributed by atoms with van der Waals surface area (Å²) in [6.07, 6.45) is 8.41. The Labute approximate surface area is 153 Å². The van der Waals surface area contributed by atoms with Crippen molar-refractivity contribution in [1.29, 1.82) is 0 Å². The zero-order chi connectivity index (χ0) is 18.0. The van der Waals surface area contributed by atoms with Gasteiger partial charge in [-0.25, -0.2) is 4.68 Å². The minimum Gasteiger partial charge on any atom is -0.365 e. The van der Waals surface area contributed by atoms with Crippen LogP contribution in [0.2, 0.25) is 0 Å². The molecule has 26 heavy (non-hydrogen) atoms. The van der Waals surface area contributed by atoms with E-state index in [0.29, 0.717) is 6.61 Å². The first-order valence-electron chi connectivity index (χ1n) is 9.42. The molecule has 0 spiro atoms. The Morgan fingerprint density at radius 3 is 2.77 bits per heavy atom. The van der Waals surface area contributed by atoms with E-state index in [1.54, 1.807) is 6.20 Å². The van der Waals surface area contributed by atoms with Crippen molar-refractivity contribution >= 4 is 5.91 Å². The van der Waals surface area contributed by atoms with Gasteiger partial charge in [0.15, 0.2) is 0 Å². The second kappa shape index (κ2) is 7.15. The quantitative estimate of drug-likeness (QED) is 0.846. The highest BCUT2D eigenvalue weighted by Crippen LogP contribution is 2.30. The Bertz CT molecular complexity index is 746. The highest BCUT2D eigenvalue weighted by molar-refractivity contribution is 5.85. The van der Waals surface area contributed by atoms with Crippen LogP contribution in [0.15, 0.2) is 30.6 Å². The van der Waals surface area contributed by atoms with E-state index in [2.05, 4.69) is 15.3 Å². The van der Waals surface area contributed by atoms with Crippen molar-refractivity contribution in [2.24, 2.45) is 0 Å². The number of pyridine rings is 1. The van der Waals surface area contributed by atoms with E-state index in [1.807, 2.05) is 40.9 Å². The number of aromatic nitrogens is 4. The second-order valence-corrected chi connectivity index (χ2v) is 7.36. The third kappa shape index (κ3) is 3.35. The lowest BCUT2D eigenvalue weighted by Gasteiger charge is -2.39. The number of ether oxygens (including phenoxy) is 1. The molecule has 1 atom stereocenters. The maximum absolute atomic E-state index is 12.9. The van der Waals surface area contributed by atoms with Gasteiger partial charge < -0.3 is 9.64 Å². The maximum Gasteiger partial charge on any atom is 0.254 e. The van der Waals surface area contributed by atoms with Crippen LogP contribution in [0.1, 0.15) is 45.1 Å². The first kappa shape index (κ1) is 17.1. The molecule has 7 heteroatoms. The van der Waals surface area contributed by atoms with Crippen LogP contribution in [0.5, 0.6) is 0 Å². The van der Waals surface area contributed by atoms with E-state index >= 15 is 0 Å². The molecule has 0 aliphatic carbocycles. The molecule has 0 aromatic carbocycles. The highest BCUT2D eigenvalue weighted by Gasteiger charge is 2.40. The fourth-order valence-corrected chi connectivity index (χ4v) is 3.86. The van der Waals surface area contributed by atoms with Crippen molar-refractivity contribution in [3.05, 3.63) is 30.6 Å². The van der Waals surface area contributed by atoms with Crippen molar-refractivity contribution in [2.45, 2.75) is 50.7 Å². The van der Waals surface area contributed by atoms with E-state index in [0.717, 1.165) is 56.6 Å². The van der Waals surface area contributed by atoms with Crippen molar-refractivity contribution in [1.82, 2.24) is 24.9 Å². The minimum absolute atomic E-state index is 0.142. The average molecular weight is 355 g/mol. The van der Waals surface area contributed by atoms with Crippen molar-refractivity contribution in [2.75, 3.05) is 19.7 Å². The number of hydrogen-bond acceptors (Lipinski definition) is 5. The molecule has 4 heterocycles. The Morgan fingerprint density at radius 2 is 2.08 bits per heavy atom. The summed E-state index contributed by atoms with van der Waals surface area (Å²) in [6, 6.07) is 6.03. The van der Waals surface area contributed by atoms with Gasteiger partial charge in [0.25, 0.3) is 5.91 Å². The Hall–Kier alpha value is -2.28. The summed E-state index contributed by atoms with van der Waals surface area (Å²) < 4.78 is 7.74. The van der Waals surface area contributed by atoms with E-state index < -0.39 is 5.60 Å². The summed E-state index contributed by atoms with van der Waals surface area (Å²) in [7, 11) is 0. The molecule has 1 amide bonds. The van der Waals surface area contributed by atoms with Gasteiger partial charge in [0.1, 0.15) is 11.3 Å². The molecular weight excluding hydrogens is 330 g/mol. The number of carbonyl (C=O) groups is 1. The molecule has 2 aromatic heterocycles. The molecule has 7 nitrogen and oxygen atoms in total. The summed E-state index contributed by atoms with van der Waals surface area (Å²) in [4.78, 5) is 19.1. The standard InChI is InChI=1S/C19H25N5O2/c1-19(9-3-5-13-26-19)18(25)23-11-7-15(8-12-23)24-14-17(21-22-24)16-6-2-4-10-20-16/h2,4,6,10,14-15H,3,5,7-9,11-13H2,1H3. The molecule has 0 saturated carbocycles. The SMILES string of the molecule is CC1(C(=O)N2CCC(n3cc(-c4ccccn4)nn3)CC2)CCCCO1. The summed E-state index contributed by atoms with van der Waals surface area (Å²) >= 11 is 0. The van der Waals surface area contributed by atoms with E-state index in [4.69, 9.17) is 4.74 Å². The average Bonchev–Trinajstić information content (AvgIpc) is 3.19. The Kier molecular flexibility index (Phi) is 4.72. The van der Waals surface area contributed by atoms with Gasteiger partial charge in [-0.1, -0.05) is 11.3 Å². The van der Waals surface area contributed by atoms with Crippen LogP contribution in [0.25, 0.3) is 11.4 Å². The molecule has 4 rings (SSSR count). The number of likely N-dealkylation sites (tertiary alicyclic amines) is 1. The summed E-state index contributed by atoms with van der Waals surface area (Å²) in [5, 5.41) is 8.54. The molecule has 2 fully saturated rings. The molecule has 1 unspecified atom stereocenters. The van der Waals surface area contributed by atoms with Crippen LogP contribution in [0.3, 0.4) is 0 Å². The lowest BCUT2D eigenvalue weighted by Crippen LogP contribution is -2.52. The lowest BCUT2D eigenvalue weighted by molar-refractivity contribution is -0.163. The Morgan fingerprint density at radius 1 is 1.23 bits per heavy atom. The third-order valence-corrected chi connectivity index (χ3v) is 5.48. The predicted octanol–water partition coefficient (Wildman–Crippen LogP) is 2.46. The van der Waals surface area contributed by atoms with Crippen molar-refractivity contribution < 1.29 is 9.53 Å². The van der Waals surface area contributed by atoms with Gasteiger partial charge >= 0.3 is 0 Å². The molecular formula is C19H25N5O2. The van der Waals surface area contributed by atoms with Crippen LogP contribution >= 0.6 is 0 Å². The number of amides is 1. The lowest BCUT2D eigenvalue weighted by atomic mass is 9.93. The summed E-state index contributed by atoms with van der Waals surface area (Å²) in [6.45, 7) is 4.10. The van der Waals surface area contributed by atoms with Gasteiger partial charge in [-0.15, -0.1) is 5.10 Å². The van der Waals surface area contributed by atoms with Crippen LogP contribution in [0.4, 0.5) is 0 Å². The van der Waals surface area contributed by atoms with E-state index in [-0.39, 0.29) is 11.9 Å². The van der Waals surface area contributed by atoms with E-state index in [1.165, 1.54) is 0 Å². The smallest absolute Gasteiger partial charge is 0.254 e. The highest BCUT2D eigenvalue weighted by atomic mass is 16.5. The predicted molar refractivity (Wildman–Crippen MR) is 96.3 cm³/mol. The van der Waals surface area contributed by atoms with E-state index in [9.17, 15) is 4.79 Å². The fraction of sp³-hybridized carbons (Fsp3) is 0.579. The van der Waals surface area contributed by atoms with Crippen molar-refractivity contribution in [3.63, 3.8) is 0 Å². The molecule has 2 aromatic rings. The summed E-state index contributed by atoms with van der Waals surface area (Å²) in [5.74, 6) is 0.142. The van der Waals surface area contributed by atoms with Crippen LogP contribution in [0, 0.1) is 0 Å². The fourth-order valence-electron chi connectivity index (χ4n) is 3.86. The third-order valence-electron chi connectivity index (χ3n) is 5.48. The molecule has 2 aliphatic rings. The maximum atomic E-state index is 12.9. The van der Waals surface area contributed by atoms with Crippen molar-refractivity contribution in [3.8, 4) is 11.4 Å². The van der Waals surface area contributed by atoms with Crippen LogP contribution in [-0.4, -0.2) is 56.1 Å². The van der Waals surface area contributed by atoms with Gasteiger partial charge in [-0.05, 0) is 51.2 Å². The first-order valence-corrected chi connectivity index (χ1v) is 9.42. The zero-order valence-electron chi connectivity index (χ0n) is 15.2. The topological polar surface area (TPSA) is 73.1 Å². The minimum atomic E-state index is -0.634. The number of piperidine rings is 1. The number of nitrogens with zero attached hydrogens (tertiary/aromatic N) is 5. The first-order chi connectivity index (χ1) is 12.7. The zero-order valence-corrected chi connectivity index (χ0v) is 15.2. The summed E-state index contributed by atoms with van der Waals surface area (Å²) in [5.41, 5.74) is 0.978. The van der Waals surface area contributed by atoms with Gasteiger partial charge in [-0.2, -0.15) is 0 Å². The molecule has 138 valence electrons. The Balaban J connectivity index is 1.38. The van der Waals surface area contributed by atoms with Gasteiger partial charge in [0.2, 0.25) is 0 Å². The van der Waals surface area contributed by atoms with Crippen LogP contribution in [-0.2, 0) is 9.53 Å². The number of rotatable bonds is 3. The second-order valence-electron chi connectivity index (χ2n) is 7.36. The van der Waals surface area contributed by atoms with Gasteiger partial charge in [0, 0.05) is 25.9 Å². The molecule has 0 bridgehead atoms. The molecule has 0 N–H and O–H groups in total. The molecule has 2 aliphatic heterocycles. The van der Waals surface area contributed by atoms with Gasteiger partial charge in [-0.3, -0.25) is 9.78 Å². The number of carbonyl (C=O) groups excluding carboxylic acids is 1.